The van der Waals surface area contributed by atoms with E-state index in [1.807, 2.05) is 0 Å². The van der Waals surface area contributed by atoms with Crippen molar-refractivity contribution in [2.75, 3.05) is 13.2 Å². The molecule has 1 aromatic heterocycles. The number of nitrogens with one attached hydrogen (secondary N) is 1. The van der Waals surface area contributed by atoms with E-state index < -0.39 is 0 Å². The van der Waals surface area contributed by atoms with E-state index in [0.29, 0.717) is 23.6 Å². The first-order chi connectivity index (χ1) is 6.27. The van der Waals surface area contributed by atoms with Crippen molar-refractivity contribution < 1.29 is 9.47 Å². The molecule has 0 aromatic carbocycles. The number of halogens is 1. The third-order valence-electron chi connectivity index (χ3n) is 1.65. The smallest absolute Gasteiger partial charge is 0.268 e. The van der Waals surface area contributed by atoms with Gasteiger partial charge in [0.25, 0.3) is 5.56 Å². The van der Waals surface area contributed by atoms with Crippen molar-refractivity contribution in [3.63, 3.8) is 0 Å². The zero-order valence-electron chi connectivity index (χ0n) is 6.62. The molecule has 1 saturated heterocycles. The lowest BCUT2D eigenvalue weighted by Crippen LogP contribution is -2.39. The van der Waals surface area contributed by atoms with Crippen molar-refractivity contribution in [3.8, 4) is 5.88 Å². The average molecular weight is 247 g/mol. The predicted octanol–water partition coefficient (Wildman–Crippen LogP) is 0.310. The van der Waals surface area contributed by atoms with Crippen LogP contribution in [0.15, 0.2) is 15.6 Å². The van der Waals surface area contributed by atoms with Gasteiger partial charge in [-0.3, -0.25) is 4.79 Å². The van der Waals surface area contributed by atoms with Gasteiger partial charge in [-0.05, 0) is 15.9 Å². The zero-order chi connectivity index (χ0) is 9.26. The second-order valence-corrected chi connectivity index (χ2v) is 3.42. The van der Waals surface area contributed by atoms with E-state index in [4.69, 9.17) is 9.47 Å². The Kier molecular flexibility index (Phi) is 2.32. The fraction of sp³-hybridized carbons (Fsp3) is 0.429. The van der Waals surface area contributed by atoms with Gasteiger partial charge in [-0.15, -0.1) is 0 Å². The quantitative estimate of drug-likeness (QED) is 0.816. The molecule has 1 aliphatic rings. The van der Waals surface area contributed by atoms with E-state index in [9.17, 15) is 4.79 Å². The molecule has 0 amide bonds. The Labute approximate surface area is 82.2 Å². The highest BCUT2D eigenvalue weighted by Crippen LogP contribution is 2.19. The number of ether oxygens (including phenoxy) is 2. The van der Waals surface area contributed by atoms with Crippen LogP contribution in [0.3, 0.4) is 0 Å². The molecular weight excluding hydrogens is 240 g/mol. The summed E-state index contributed by atoms with van der Waals surface area (Å²) < 4.78 is 10.6. The molecule has 1 aliphatic heterocycles. The van der Waals surface area contributed by atoms with Crippen molar-refractivity contribution in [1.82, 2.24) is 9.97 Å². The van der Waals surface area contributed by atoms with Crippen LogP contribution in [0.5, 0.6) is 5.88 Å². The number of aromatic nitrogens is 2. The standard InChI is InChI=1S/C7H7BrN2O3/c8-5-6(11)9-3-10-7(5)13-4-1-12-2-4/h3-4H,1-2H2,(H,9,10,11). The van der Waals surface area contributed by atoms with E-state index in [1.54, 1.807) is 0 Å². The molecular formula is C7H7BrN2O3. The van der Waals surface area contributed by atoms with Crippen LogP contribution in [0.1, 0.15) is 0 Å². The van der Waals surface area contributed by atoms with Gasteiger partial charge >= 0.3 is 0 Å². The predicted molar refractivity (Wildman–Crippen MR) is 47.8 cm³/mol. The largest absolute Gasteiger partial charge is 0.468 e. The molecule has 0 atom stereocenters. The molecule has 2 rings (SSSR count). The first-order valence-corrected chi connectivity index (χ1v) is 4.54. The first kappa shape index (κ1) is 8.71. The van der Waals surface area contributed by atoms with Gasteiger partial charge in [-0.25, -0.2) is 4.98 Å². The van der Waals surface area contributed by atoms with Gasteiger partial charge in [0, 0.05) is 0 Å². The minimum absolute atomic E-state index is 0.0191. The normalized spacial score (nSPS) is 16.7. The lowest BCUT2D eigenvalue weighted by Gasteiger charge is -2.26. The number of hydrogen-bond acceptors (Lipinski definition) is 4. The van der Waals surface area contributed by atoms with Gasteiger partial charge in [-0.1, -0.05) is 0 Å². The second kappa shape index (κ2) is 3.47. The molecule has 0 unspecified atom stereocenters. The van der Waals surface area contributed by atoms with Crippen LogP contribution in [0.25, 0.3) is 0 Å². The molecule has 0 bridgehead atoms. The Morgan fingerprint density at radius 2 is 2.46 bits per heavy atom. The lowest BCUT2D eigenvalue weighted by molar-refractivity contribution is -0.0817. The second-order valence-electron chi connectivity index (χ2n) is 2.63. The van der Waals surface area contributed by atoms with E-state index >= 15 is 0 Å². The Hall–Kier alpha value is -0.880. The van der Waals surface area contributed by atoms with Crippen molar-refractivity contribution in [1.29, 1.82) is 0 Å². The molecule has 1 aromatic rings. The maximum Gasteiger partial charge on any atom is 0.268 e. The highest BCUT2D eigenvalue weighted by Gasteiger charge is 2.22. The summed E-state index contributed by atoms with van der Waals surface area (Å²) in [6.07, 6.45) is 1.33. The number of aromatic amines is 1. The van der Waals surface area contributed by atoms with E-state index in [1.165, 1.54) is 6.33 Å². The van der Waals surface area contributed by atoms with Crippen molar-refractivity contribution in [2.45, 2.75) is 6.10 Å². The molecule has 0 spiro atoms. The summed E-state index contributed by atoms with van der Waals surface area (Å²) in [6.45, 7) is 1.11. The van der Waals surface area contributed by atoms with Crippen LogP contribution in [-0.4, -0.2) is 29.3 Å². The van der Waals surface area contributed by atoms with Crippen LogP contribution in [0.4, 0.5) is 0 Å². The summed E-state index contributed by atoms with van der Waals surface area (Å²) in [5.41, 5.74) is -0.245. The zero-order valence-corrected chi connectivity index (χ0v) is 8.20. The Morgan fingerprint density at radius 3 is 3.08 bits per heavy atom. The minimum Gasteiger partial charge on any atom is -0.468 e. The molecule has 6 heteroatoms. The van der Waals surface area contributed by atoms with Gasteiger partial charge < -0.3 is 14.5 Å². The van der Waals surface area contributed by atoms with Crippen LogP contribution < -0.4 is 10.3 Å². The highest BCUT2D eigenvalue weighted by atomic mass is 79.9. The van der Waals surface area contributed by atoms with Gasteiger partial charge in [0.1, 0.15) is 10.6 Å². The maximum atomic E-state index is 11.1. The number of rotatable bonds is 2. The average Bonchev–Trinajstić information content (AvgIpc) is 2.04. The van der Waals surface area contributed by atoms with E-state index in [2.05, 4.69) is 25.9 Å². The van der Waals surface area contributed by atoms with Crippen molar-refractivity contribution >= 4 is 15.9 Å². The molecule has 0 radical (unpaired) electrons. The molecule has 1 N–H and O–H groups in total. The number of nitrogens with zero attached hydrogens (tertiary/aromatic N) is 1. The molecule has 70 valence electrons. The fourth-order valence-electron chi connectivity index (χ4n) is 0.889. The fourth-order valence-corrected chi connectivity index (χ4v) is 1.20. The van der Waals surface area contributed by atoms with Gasteiger partial charge in [-0.2, -0.15) is 0 Å². The van der Waals surface area contributed by atoms with Crippen LogP contribution in [-0.2, 0) is 4.74 Å². The Balaban J connectivity index is 2.19. The molecule has 2 heterocycles. The highest BCUT2D eigenvalue weighted by molar-refractivity contribution is 9.10. The Bertz CT molecular complexity index is 361. The first-order valence-electron chi connectivity index (χ1n) is 3.75. The number of H-pyrrole nitrogens is 1. The molecule has 5 nitrogen and oxygen atoms in total. The summed E-state index contributed by atoms with van der Waals surface area (Å²) in [7, 11) is 0. The molecule has 0 aliphatic carbocycles. The van der Waals surface area contributed by atoms with Gasteiger partial charge in [0.05, 0.1) is 19.5 Å². The van der Waals surface area contributed by atoms with E-state index in [-0.39, 0.29) is 11.7 Å². The summed E-state index contributed by atoms with van der Waals surface area (Å²) >= 11 is 3.09. The van der Waals surface area contributed by atoms with E-state index in [0.717, 1.165) is 0 Å². The maximum absolute atomic E-state index is 11.1. The topological polar surface area (TPSA) is 64.2 Å². The summed E-state index contributed by atoms with van der Waals surface area (Å²) in [5.74, 6) is 0.317. The SMILES string of the molecule is O=c1[nH]cnc(OC2COC2)c1Br. The van der Waals surface area contributed by atoms with Crippen LogP contribution in [0, 0.1) is 0 Å². The third kappa shape index (κ3) is 1.73. The van der Waals surface area contributed by atoms with Gasteiger partial charge in [0.2, 0.25) is 5.88 Å². The molecule has 13 heavy (non-hydrogen) atoms. The van der Waals surface area contributed by atoms with Crippen LogP contribution in [0.2, 0.25) is 0 Å². The van der Waals surface area contributed by atoms with Crippen molar-refractivity contribution in [2.24, 2.45) is 0 Å². The Morgan fingerprint density at radius 1 is 1.69 bits per heavy atom. The summed E-state index contributed by atoms with van der Waals surface area (Å²) in [6, 6.07) is 0. The lowest BCUT2D eigenvalue weighted by atomic mass is 10.3. The van der Waals surface area contributed by atoms with Gasteiger partial charge in [0.15, 0.2) is 0 Å². The molecule has 0 saturated carbocycles. The minimum atomic E-state index is -0.245. The summed E-state index contributed by atoms with van der Waals surface area (Å²) in [4.78, 5) is 17.4. The number of hydrogen-bond donors (Lipinski definition) is 1. The van der Waals surface area contributed by atoms with Crippen LogP contribution >= 0.6 is 15.9 Å². The third-order valence-corrected chi connectivity index (χ3v) is 2.35. The monoisotopic (exact) mass is 246 g/mol. The summed E-state index contributed by atoms with van der Waals surface area (Å²) in [5, 5.41) is 0. The molecule has 1 fully saturated rings. The van der Waals surface area contributed by atoms with Crippen molar-refractivity contribution in [3.05, 3.63) is 21.2 Å².